The van der Waals surface area contributed by atoms with Crippen molar-refractivity contribution in [2.24, 2.45) is 5.73 Å². The minimum Gasteiger partial charge on any atom is -0.330 e. The van der Waals surface area contributed by atoms with Gasteiger partial charge in [0, 0.05) is 12.1 Å². The summed E-state index contributed by atoms with van der Waals surface area (Å²) >= 11 is 0. The van der Waals surface area contributed by atoms with E-state index in [-0.39, 0.29) is 11.7 Å². The van der Waals surface area contributed by atoms with Crippen LogP contribution < -0.4 is 5.73 Å². The zero-order valence-electron chi connectivity index (χ0n) is 10.7. The predicted molar refractivity (Wildman–Crippen MR) is 70.4 cm³/mol. The van der Waals surface area contributed by atoms with E-state index >= 15 is 0 Å². The van der Waals surface area contributed by atoms with E-state index in [9.17, 15) is 4.39 Å². The quantitative estimate of drug-likeness (QED) is 0.902. The van der Waals surface area contributed by atoms with Gasteiger partial charge in [-0.3, -0.25) is 0 Å². The molecule has 18 heavy (non-hydrogen) atoms. The molecule has 0 fully saturated rings. The Kier molecular flexibility index (Phi) is 3.77. The molecule has 2 rings (SSSR count). The van der Waals surface area contributed by atoms with E-state index < -0.39 is 0 Å². The number of para-hydroxylation sites is 1. The third kappa shape index (κ3) is 2.43. The molecular formula is C14H18FN3. The number of hydrogen-bond donors (Lipinski definition) is 1. The summed E-state index contributed by atoms with van der Waals surface area (Å²) in [6.07, 6.45) is 0.709. The normalized spacial score (nSPS) is 11.2. The molecule has 1 aromatic carbocycles. The van der Waals surface area contributed by atoms with E-state index in [4.69, 9.17) is 5.73 Å². The topological polar surface area (TPSA) is 43.8 Å². The summed E-state index contributed by atoms with van der Waals surface area (Å²) in [4.78, 5) is 0. The average Bonchev–Trinajstić information content (AvgIpc) is 2.74. The summed E-state index contributed by atoms with van der Waals surface area (Å²) in [5.41, 5.74) is 7.94. The van der Waals surface area contributed by atoms with E-state index in [1.54, 1.807) is 16.8 Å². The Morgan fingerprint density at radius 1 is 1.33 bits per heavy atom. The van der Waals surface area contributed by atoms with Gasteiger partial charge in [0.25, 0.3) is 0 Å². The lowest BCUT2D eigenvalue weighted by Gasteiger charge is -2.10. The highest BCUT2D eigenvalue weighted by Gasteiger charge is 2.14. The molecule has 3 nitrogen and oxygen atoms in total. The van der Waals surface area contributed by atoms with E-state index in [0.717, 1.165) is 11.4 Å². The lowest BCUT2D eigenvalue weighted by Crippen LogP contribution is -2.07. The van der Waals surface area contributed by atoms with Crippen LogP contribution >= 0.6 is 0 Å². The summed E-state index contributed by atoms with van der Waals surface area (Å²) in [7, 11) is 0. The molecule has 0 saturated heterocycles. The third-order valence-corrected chi connectivity index (χ3v) is 2.86. The van der Waals surface area contributed by atoms with Crippen LogP contribution in [0.4, 0.5) is 4.39 Å². The highest BCUT2D eigenvalue weighted by Crippen LogP contribution is 2.22. The van der Waals surface area contributed by atoms with Crippen LogP contribution in [0.5, 0.6) is 0 Å². The van der Waals surface area contributed by atoms with Gasteiger partial charge in [-0.15, -0.1) is 0 Å². The fraction of sp³-hybridized carbons (Fsp3) is 0.357. The number of aromatic nitrogens is 2. The molecule has 0 aliphatic heterocycles. The maximum Gasteiger partial charge on any atom is 0.148 e. The van der Waals surface area contributed by atoms with E-state index in [1.165, 1.54) is 6.07 Å². The lowest BCUT2D eigenvalue weighted by molar-refractivity contribution is 0.601. The molecular weight excluding hydrogens is 229 g/mol. The van der Waals surface area contributed by atoms with Gasteiger partial charge in [-0.25, -0.2) is 9.07 Å². The molecule has 4 heteroatoms. The van der Waals surface area contributed by atoms with Crippen molar-refractivity contribution in [3.05, 3.63) is 47.5 Å². The van der Waals surface area contributed by atoms with Crippen molar-refractivity contribution in [1.29, 1.82) is 0 Å². The molecule has 0 bridgehead atoms. The minimum atomic E-state index is -0.262. The lowest BCUT2D eigenvalue weighted by atomic mass is 10.1. The van der Waals surface area contributed by atoms with E-state index in [1.807, 2.05) is 12.1 Å². The summed E-state index contributed by atoms with van der Waals surface area (Å²) in [5, 5.41) is 4.45. The second kappa shape index (κ2) is 5.31. The highest BCUT2D eigenvalue weighted by molar-refractivity contribution is 5.36. The van der Waals surface area contributed by atoms with Crippen molar-refractivity contribution in [1.82, 2.24) is 9.78 Å². The second-order valence-electron chi connectivity index (χ2n) is 4.62. The standard InChI is InChI=1S/C14H18FN3/c1-10(2)14-9-11(7-8-16)17-18(14)13-6-4-3-5-12(13)15/h3-6,9-10H,7-8,16H2,1-2H3. The van der Waals surface area contributed by atoms with Crippen molar-refractivity contribution in [3.63, 3.8) is 0 Å². The summed E-state index contributed by atoms with van der Waals surface area (Å²) in [6.45, 7) is 4.69. The molecule has 96 valence electrons. The number of nitrogens with two attached hydrogens (primary N) is 1. The number of halogens is 1. The molecule has 0 aliphatic rings. The molecule has 0 aliphatic carbocycles. The Bertz CT molecular complexity index is 532. The van der Waals surface area contributed by atoms with Crippen molar-refractivity contribution in [2.75, 3.05) is 6.54 Å². The van der Waals surface area contributed by atoms with Crippen molar-refractivity contribution < 1.29 is 4.39 Å². The van der Waals surface area contributed by atoms with Gasteiger partial charge >= 0.3 is 0 Å². The summed E-state index contributed by atoms with van der Waals surface area (Å²) in [5.74, 6) is 0.0189. The number of rotatable bonds is 4. The Labute approximate surface area is 106 Å². The summed E-state index contributed by atoms with van der Waals surface area (Å²) < 4.78 is 15.5. The minimum absolute atomic E-state index is 0.262. The zero-order valence-corrected chi connectivity index (χ0v) is 10.7. The van der Waals surface area contributed by atoms with Crippen LogP contribution in [0.3, 0.4) is 0 Å². The molecule has 0 radical (unpaired) electrons. The van der Waals surface area contributed by atoms with Crippen molar-refractivity contribution in [2.45, 2.75) is 26.2 Å². The van der Waals surface area contributed by atoms with Gasteiger partial charge in [0.2, 0.25) is 0 Å². The van der Waals surface area contributed by atoms with Gasteiger partial charge in [0.1, 0.15) is 11.5 Å². The molecule has 1 aromatic heterocycles. The van der Waals surface area contributed by atoms with Crippen molar-refractivity contribution in [3.8, 4) is 5.69 Å². The number of hydrogen-bond acceptors (Lipinski definition) is 2. The first-order chi connectivity index (χ1) is 8.63. The van der Waals surface area contributed by atoms with Gasteiger partial charge in [0.15, 0.2) is 0 Å². The zero-order chi connectivity index (χ0) is 13.1. The highest BCUT2D eigenvalue weighted by atomic mass is 19.1. The first-order valence-electron chi connectivity index (χ1n) is 6.17. The first kappa shape index (κ1) is 12.8. The Balaban J connectivity index is 2.52. The van der Waals surface area contributed by atoms with Crippen LogP contribution in [0, 0.1) is 5.82 Å². The van der Waals surface area contributed by atoms with E-state index in [0.29, 0.717) is 18.7 Å². The molecule has 0 spiro atoms. The third-order valence-electron chi connectivity index (χ3n) is 2.86. The summed E-state index contributed by atoms with van der Waals surface area (Å²) in [6, 6.07) is 8.68. The number of nitrogens with zero attached hydrogens (tertiary/aromatic N) is 2. The van der Waals surface area contributed by atoms with Crippen LogP contribution in [-0.2, 0) is 6.42 Å². The van der Waals surface area contributed by atoms with E-state index in [2.05, 4.69) is 18.9 Å². The molecule has 0 saturated carbocycles. The van der Waals surface area contributed by atoms with Crippen LogP contribution in [0.1, 0.15) is 31.2 Å². The molecule has 2 aromatic rings. The monoisotopic (exact) mass is 247 g/mol. The SMILES string of the molecule is CC(C)c1cc(CCN)nn1-c1ccccc1F. The van der Waals surface area contributed by atoms with Crippen LogP contribution in [0.15, 0.2) is 30.3 Å². The Morgan fingerprint density at radius 2 is 2.06 bits per heavy atom. The van der Waals surface area contributed by atoms with Crippen molar-refractivity contribution >= 4 is 0 Å². The Morgan fingerprint density at radius 3 is 2.67 bits per heavy atom. The molecule has 0 amide bonds. The smallest absolute Gasteiger partial charge is 0.148 e. The maximum absolute atomic E-state index is 13.8. The molecule has 0 atom stereocenters. The fourth-order valence-electron chi connectivity index (χ4n) is 1.94. The average molecular weight is 247 g/mol. The number of benzene rings is 1. The maximum atomic E-state index is 13.8. The molecule has 1 heterocycles. The van der Waals surface area contributed by atoms with Gasteiger partial charge in [-0.1, -0.05) is 26.0 Å². The first-order valence-corrected chi connectivity index (χ1v) is 6.17. The second-order valence-corrected chi connectivity index (χ2v) is 4.62. The molecule has 2 N–H and O–H groups in total. The Hall–Kier alpha value is -1.68. The molecule has 0 unspecified atom stereocenters. The van der Waals surface area contributed by atoms with Gasteiger partial charge in [-0.2, -0.15) is 5.10 Å². The van der Waals surface area contributed by atoms with Crippen LogP contribution in [-0.4, -0.2) is 16.3 Å². The van der Waals surface area contributed by atoms with Gasteiger partial charge < -0.3 is 5.73 Å². The van der Waals surface area contributed by atoms with Gasteiger partial charge in [-0.05, 0) is 30.7 Å². The van der Waals surface area contributed by atoms with Crippen LogP contribution in [0.25, 0.3) is 5.69 Å². The van der Waals surface area contributed by atoms with Crippen LogP contribution in [0.2, 0.25) is 0 Å². The van der Waals surface area contributed by atoms with Gasteiger partial charge in [0.05, 0.1) is 5.69 Å². The predicted octanol–water partition coefficient (Wildman–Crippen LogP) is 2.64. The largest absolute Gasteiger partial charge is 0.330 e. The fourth-order valence-corrected chi connectivity index (χ4v) is 1.94.